The molecule has 2 N–H and O–H groups in total. The highest BCUT2D eigenvalue weighted by Gasteiger charge is 2.41. The number of fused-ring (bicyclic) bond motifs is 2. The third kappa shape index (κ3) is 4.59. The molecule has 3 aliphatic rings. The molecule has 9 nitrogen and oxygen atoms in total. The second-order valence-corrected chi connectivity index (χ2v) is 7.63. The van der Waals surface area contributed by atoms with Gasteiger partial charge in [0.05, 0.1) is 31.5 Å². The molecule has 1 aromatic heterocycles. The fraction of sp³-hybridized carbons (Fsp3) is 0.833. The number of rotatable bonds is 6. The highest BCUT2D eigenvalue weighted by Crippen LogP contribution is 2.34. The Morgan fingerprint density at radius 2 is 2.11 bits per heavy atom. The van der Waals surface area contributed by atoms with Crippen LogP contribution in [-0.2, 0) is 23.1 Å². The van der Waals surface area contributed by atoms with Crippen molar-refractivity contribution < 1.29 is 9.47 Å². The lowest BCUT2D eigenvalue weighted by molar-refractivity contribution is 0.0389. The Morgan fingerprint density at radius 1 is 1.26 bits per heavy atom. The van der Waals surface area contributed by atoms with Gasteiger partial charge in [0.2, 0.25) is 0 Å². The monoisotopic (exact) mass is 377 g/mol. The van der Waals surface area contributed by atoms with E-state index in [0.29, 0.717) is 24.8 Å². The summed E-state index contributed by atoms with van der Waals surface area (Å²) >= 11 is 0. The van der Waals surface area contributed by atoms with Gasteiger partial charge in [0.1, 0.15) is 12.4 Å². The van der Waals surface area contributed by atoms with Crippen molar-refractivity contribution in [1.29, 1.82) is 0 Å². The number of aromatic nitrogens is 3. The van der Waals surface area contributed by atoms with Gasteiger partial charge in [-0.1, -0.05) is 0 Å². The minimum Gasteiger partial charge on any atom is -0.379 e. The lowest BCUT2D eigenvalue weighted by Gasteiger charge is -2.27. The van der Waals surface area contributed by atoms with Gasteiger partial charge < -0.3 is 24.7 Å². The van der Waals surface area contributed by atoms with Crippen LogP contribution in [0.5, 0.6) is 0 Å². The van der Waals surface area contributed by atoms with E-state index >= 15 is 0 Å². The van der Waals surface area contributed by atoms with Crippen molar-refractivity contribution in [3.63, 3.8) is 0 Å². The Kier molecular flexibility index (Phi) is 5.89. The van der Waals surface area contributed by atoms with Crippen LogP contribution < -0.4 is 10.6 Å². The number of nitrogens with one attached hydrogen (secondary N) is 2. The maximum Gasteiger partial charge on any atom is 0.192 e. The topological polar surface area (TPSA) is 88.8 Å². The molecule has 3 fully saturated rings. The standard InChI is InChI=1S/C18H31N7O2/c1-13-22-23-17(24(13)2)12-20-18(19-5-6-25-7-9-26-10-8-25)21-15-11-14-3-4-16(15)27-14/h14-16H,3-12H2,1-2H3,(H2,19,20,21). The molecule has 2 bridgehead atoms. The van der Waals surface area contributed by atoms with Gasteiger partial charge in [0, 0.05) is 33.2 Å². The molecule has 150 valence electrons. The second kappa shape index (κ2) is 8.53. The molecule has 0 spiro atoms. The molecule has 3 aliphatic heterocycles. The van der Waals surface area contributed by atoms with Crippen LogP contribution in [0.25, 0.3) is 0 Å². The normalized spacial score (nSPS) is 28.7. The molecule has 3 unspecified atom stereocenters. The molecule has 4 heterocycles. The highest BCUT2D eigenvalue weighted by molar-refractivity contribution is 5.80. The average Bonchev–Trinajstić information content (AvgIpc) is 3.38. The Hall–Kier alpha value is -1.71. The summed E-state index contributed by atoms with van der Waals surface area (Å²) in [6, 6.07) is 0.347. The third-order valence-electron chi connectivity index (χ3n) is 5.81. The summed E-state index contributed by atoms with van der Waals surface area (Å²) in [7, 11) is 1.98. The van der Waals surface area contributed by atoms with Crippen molar-refractivity contribution in [2.75, 3.05) is 39.4 Å². The van der Waals surface area contributed by atoms with Gasteiger partial charge in [0.25, 0.3) is 0 Å². The second-order valence-electron chi connectivity index (χ2n) is 7.63. The number of morpholine rings is 1. The number of guanidine groups is 1. The van der Waals surface area contributed by atoms with Crippen molar-refractivity contribution in [1.82, 2.24) is 30.3 Å². The fourth-order valence-electron chi connectivity index (χ4n) is 4.01. The molecule has 0 amide bonds. The van der Waals surface area contributed by atoms with Crippen LogP contribution in [0, 0.1) is 6.92 Å². The van der Waals surface area contributed by atoms with Gasteiger partial charge >= 0.3 is 0 Å². The van der Waals surface area contributed by atoms with Crippen molar-refractivity contribution in [3.05, 3.63) is 11.6 Å². The van der Waals surface area contributed by atoms with Gasteiger partial charge in [-0.2, -0.15) is 0 Å². The Balaban J connectivity index is 1.35. The maximum atomic E-state index is 5.98. The Morgan fingerprint density at radius 3 is 2.78 bits per heavy atom. The van der Waals surface area contributed by atoms with Crippen LogP contribution in [0.1, 0.15) is 30.9 Å². The van der Waals surface area contributed by atoms with E-state index in [1.807, 2.05) is 18.5 Å². The number of nitrogens with zero attached hydrogens (tertiary/aromatic N) is 5. The molecule has 1 aromatic rings. The first kappa shape index (κ1) is 18.6. The molecule has 4 rings (SSSR count). The summed E-state index contributed by atoms with van der Waals surface area (Å²) in [4.78, 5) is 7.19. The minimum atomic E-state index is 0.318. The van der Waals surface area contributed by atoms with Crippen molar-refractivity contribution in [2.45, 2.75) is 51.0 Å². The van der Waals surface area contributed by atoms with Crippen LogP contribution >= 0.6 is 0 Å². The summed E-state index contributed by atoms with van der Waals surface area (Å²) < 4.78 is 13.4. The van der Waals surface area contributed by atoms with E-state index in [-0.39, 0.29) is 0 Å². The molecule has 0 aliphatic carbocycles. The van der Waals surface area contributed by atoms with Crippen molar-refractivity contribution in [3.8, 4) is 0 Å². The van der Waals surface area contributed by atoms with E-state index in [0.717, 1.165) is 69.8 Å². The zero-order valence-corrected chi connectivity index (χ0v) is 16.4. The molecule has 0 aromatic carbocycles. The van der Waals surface area contributed by atoms with Gasteiger partial charge in [-0.3, -0.25) is 4.90 Å². The number of hydrogen-bond acceptors (Lipinski definition) is 6. The number of ether oxygens (including phenoxy) is 2. The average molecular weight is 377 g/mol. The molecular weight excluding hydrogens is 346 g/mol. The quantitative estimate of drug-likeness (QED) is 0.525. The zero-order chi connectivity index (χ0) is 18.6. The van der Waals surface area contributed by atoms with Crippen LogP contribution in [0.3, 0.4) is 0 Å². The summed E-state index contributed by atoms with van der Waals surface area (Å²) in [6.45, 7) is 7.95. The predicted octanol–water partition coefficient (Wildman–Crippen LogP) is -0.189. The number of aryl methyl sites for hydroxylation is 1. The van der Waals surface area contributed by atoms with Crippen LogP contribution in [-0.4, -0.2) is 83.3 Å². The molecule has 3 saturated heterocycles. The van der Waals surface area contributed by atoms with Gasteiger partial charge in [-0.15, -0.1) is 10.2 Å². The van der Waals surface area contributed by atoms with Gasteiger partial charge in [0.15, 0.2) is 11.8 Å². The van der Waals surface area contributed by atoms with E-state index in [2.05, 4.69) is 25.7 Å². The number of aliphatic imine (C=N–C) groups is 1. The first-order chi connectivity index (χ1) is 13.2. The fourth-order valence-corrected chi connectivity index (χ4v) is 4.01. The Labute approximate surface area is 160 Å². The third-order valence-corrected chi connectivity index (χ3v) is 5.81. The SMILES string of the molecule is Cc1nnc(CN=C(NCCN2CCOCC2)NC2CC3CCC2O3)n1C. The summed E-state index contributed by atoms with van der Waals surface area (Å²) in [6.07, 6.45) is 4.14. The molecule has 9 heteroatoms. The molecule has 0 radical (unpaired) electrons. The molecule has 27 heavy (non-hydrogen) atoms. The van der Waals surface area contributed by atoms with Crippen LogP contribution in [0.4, 0.5) is 0 Å². The van der Waals surface area contributed by atoms with E-state index < -0.39 is 0 Å². The lowest BCUT2D eigenvalue weighted by Crippen LogP contribution is -2.49. The maximum absolute atomic E-state index is 5.98. The lowest BCUT2D eigenvalue weighted by atomic mass is 9.96. The van der Waals surface area contributed by atoms with Gasteiger partial charge in [-0.25, -0.2) is 4.99 Å². The van der Waals surface area contributed by atoms with Gasteiger partial charge in [-0.05, 0) is 26.2 Å². The summed E-state index contributed by atoms with van der Waals surface area (Å²) in [5, 5.41) is 15.4. The van der Waals surface area contributed by atoms with Crippen LogP contribution in [0.2, 0.25) is 0 Å². The Bertz CT molecular complexity index is 656. The predicted molar refractivity (Wildman–Crippen MR) is 102 cm³/mol. The summed E-state index contributed by atoms with van der Waals surface area (Å²) in [5.41, 5.74) is 0. The van der Waals surface area contributed by atoms with E-state index in [9.17, 15) is 0 Å². The molecule has 0 saturated carbocycles. The first-order valence-corrected chi connectivity index (χ1v) is 10.0. The highest BCUT2D eigenvalue weighted by atomic mass is 16.5. The van der Waals surface area contributed by atoms with Crippen molar-refractivity contribution in [2.24, 2.45) is 12.0 Å². The zero-order valence-electron chi connectivity index (χ0n) is 16.4. The number of hydrogen-bond donors (Lipinski definition) is 2. The molecular formula is C18H31N7O2. The van der Waals surface area contributed by atoms with E-state index in [1.165, 1.54) is 6.42 Å². The minimum absolute atomic E-state index is 0.318. The summed E-state index contributed by atoms with van der Waals surface area (Å²) in [5.74, 6) is 2.60. The largest absolute Gasteiger partial charge is 0.379 e. The smallest absolute Gasteiger partial charge is 0.192 e. The van der Waals surface area contributed by atoms with E-state index in [1.54, 1.807) is 0 Å². The first-order valence-electron chi connectivity index (χ1n) is 10.0. The van der Waals surface area contributed by atoms with E-state index in [4.69, 9.17) is 14.5 Å². The van der Waals surface area contributed by atoms with Crippen LogP contribution in [0.15, 0.2) is 4.99 Å². The molecule has 3 atom stereocenters. The van der Waals surface area contributed by atoms with Crippen molar-refractivity contribution >= 4 is 5.96 Å².